The fourth-order valence-corrected chi connectivity index (χ4v) is 10.8. The lowest BCUT2D eigenvalue weighted by molar-refractivity contribution is -0.143. The van der Waals surface area contributed by atoms with Crippen LogP contribution in [0.25, 0.3) is 0 Å². The van der Waals surface area contributed by atoms with Crippen molar-refractivity contribution in [3.8, 4) is 0 Å². The fraction of sp³-hybridized carbons (Fsp3) is 0.887. The minimum absolute atomic E-state index is 0.0000386. The first-order valence-corrected chi connectivity index (χ1v) is 34.7. The summed E-state index contributed by atoms with van der Waals surface area (Å²) in [5.41, 5.74) is 0. The summed E-state index contributed by atoms with van der Waals surface area (Å²) < 4.78 is 5.50. The first kappa shape index (κ1) is 75.1. The zero-order valence-electron chi connectivity index (χ0n) is 52.0. The summed E-state index contributed by atoms with van der Waals surface area (Å²) in [5, 5.41) is 23.4. The monoisotopic (exact) mass is 1080 g/mol. The molecule has 77 heavy (non-hydrogen) atoms. The number of rotatable bonds is 65. The quantitative estimate of drug-likeness (QED) is 0.0320. The number of hydrogen-bond donors (Lipinski definition) is 3. The first-order chi connectivity index (χ1) is 38.0. The molecular weight excluding hydrogens is 947 g/mol. The van der Waals surface area contributed by atoms with Gasteiger partial charge in [0.1, 0.15) is 0 Å². The van der Waals surface area contributed by atoms with Crippen LogP contribution in [0.2, 0.25) is 0 Å². The van der Waals surface area contributed by atoms with Crippen LogP contribution in [-0.2, 0) is 14.3 Å². The molecular formula is C71H135NO5. The molecule has 6 heteroatoms. The summed E-state index contributed by atoms with van der Waals surface area (Å²) in [4.78, 5) is 24.7. The van der Waals surface area contributed by atoms with Gasteiger partial charge in [0.05, 0.1) is 25.4 Å². The van der Waals surface area contributed by atoms with Crippen LogP contribution in [0.5, 0.6) is 0 Å². The Balaban J connectivity index is 3.43. The van der Waals surface area contributed by atoms with Crippen molar-refractivity contribution >= 4 is 11.9 Å². The Morgan fingerprint density at radius 3 is 1.03 bits per heavy atom. The number of hydrogen-bond acceptors (Lipinski definition) is 5. The smallest absolute Gasteiger partial charge is 0.305 e. The van der Waals surface area contributed by atoms with Gasteiger partial charge in [-0.05, 0) is 83.5 Å². The van der Waals surface area contributed by atoms with Crippen molar-refractivity contribution in [3.63, 3.8) is 0 Å². The van der Waals surface area contributed by atoms with Gasteiger partial charge >= 0.3 is 5.97 Å². The summed E-state index contributed by atoms with van der Waals surface area (Å²) in [7, 11) is 0. The number of carbonyl (C=O) groups is 2. The van der Waals surface area contributed by atoms with E-state index in [1.54, 1.807) is 0 Å². The Morgan fingerprint density at radius 1 is 0.364 bits per heavy atom. The molecule has 0 fully saturated rings. The number of nitrogens with one attached hydrogen (secondary N) is 1. The van der Waals surface area contributed by atoms with Crippen molar-refractivity contribution in [1.82, 2.24) is 5.32 Å². The van der Waals surface area contributed by atoms with Crippen molar-refractivity contribution in [2.45, 2.75) is 392 Å². The minimum Gasteiger partial charge on any atom is -0.466 e. The molecule has 0 aliphatic rings. The van der Waals surface area contributed by atoms with Crippen LogP contribution in [0.3, 0.4) is 0 Å². The standard InChI is InChI=1S/C71H135NO5/c1-3-5-7-9-11-13-15-17-19-21-23-24-25-26-28-31-35-39-43-47-51-55-59-63-69(74)68(67-73)72-70(75)64-60-56-52-48-44-40-36-32-29-30-34-38-42-46-50-54-58-62-66-77-71(76)65-61-57-53-49-45-41-37-33-27-22-20-18-16-14-12-10-8-6-4-2/h12,14,18,20,32,36,68-69,73-74H,3-11,13,15-17,19,21-31,33-35,37-67H2,1-2H3,(H,72,75)/b14-12-,20-18-,36-32-. The van der Waals surface area contributed by atoms with E-state index < -0.39 is 12.1 Å². The maximum atomic E-state index is 12.5. The second kappa shape index (κ2) is 66.6. The van der Waals surface area contributed by atoms with E-state index in [-0.39, 0.29) is 18.5 Å². The number of unbranched alkanes of at least 4 members (excludes halogenated alkanes) is 48. The van der Waals surface area contributed by atoms with Gasteiger partial charge in [0, 0.05) is 12.8 Å². The third-order valence-electron chi connectivity index (χ3n) is 16.2. The number of aliphatic hydroxyl groups is 2. The molecule has 0 aromatic rings. The van der Waals surface area contributed by atoms with Gasteiger partial charge in [-0.1, -0.05) is 320 Å². The Morgan fingerprint density at radius 2 is 0.649 bits per heavy atom. The summed E-state index contributed by atoms with van der Waals surface area (Å²) in [6.07, 6.45) is 84.6. The largest absolute Gasteiger partial charge is 0.466 e. The van der Waals surface area contributed by atoms with Crippen LogP contribution in [0.15, 0.2) is 36.5 Å². The van der Waals surface area contributed by atoms with E-state index in [9.17, 15) is 19.8 Å². The lowest BCUT2D eigenvalue weighted by Gasteiger charge is -2.22. The Labute approximate surface area is 481 Å². The summed E-state index contributed by atoms with van der Waals surface area (Å²) in [6, 6.07) is -0.554. The van der Waals surface area contributed by atoms with E-state index in [4.69, 9.17) is 4.74 Å². The van der Waals surface area contributed by atoms with E-state index >= 15 is 0 Å². The summed E-state index contributed by atoms with van der Waals surface area (Å²) >= 11 is 0. The topological polar surface area (TPSA) is 95.9 Å². The number of ether oxygens (including phenoxy) is 1. The van der Waals surface area contributed by atoms with Crippen LogP contribution < -0.4 is 5.32 Å². The van der Waals surface area contributed by atoms with Gasteiger partial charge in [-0.3, -0.25) is 9.59 Å². The predicted octanol–water partition coefficient (Wildman–Crippen LogP) is 22.3. The minimum atomic E-state index is -0.675. The fourth-order valence-electron chi connectivity index (χ4n) is 10.8. The molecule has 454 valence electrons. The van der Waals surface area contributed by atoms with E-state index in [1.807, 2.05) is 0 Å². The number of aliphatic hydroxyl groups excluding tert-OH is 2. The highest BCUT2D eigenvalue weighted by molar-refractivity contribution is 5.76. The van der Waals surface area contributed by atoms with Gasteiger partial charge in [-0.2, -0.15) is 0 Å². The molecule has 2 unspecified atom stereocenters. The zero-order valence-corrected chi connectivity index (χ0v) is 52.0. The second-order valence-electron chi connectivity index (χ2n) is 23.9. The van der Waals surface area contributed by atoms with Gasteiger partial charge in [-0.25, -0.2) is 0 Å². The zero-order chi connectivity index (χ0) is 55.7. The normalized spacial score (nSPS) is 12.7. The molecule has 0 aliphatic carbocycles. The van der Waals surface area contributed by atoms with Crippen LogP contribution in [0.1, 0.15) is 380 Å². The van der Waals surface area contributed by atoms with Crippen LogP contribution >= 0.6 is 0 Å². The number of carbonyl (C=O) groups excluding carboxylic acids is 2. The molecule has 1 amide bonds. The second-order valence-corrected chi connectivity index (χ2v) is 23.9. The van der Waals surface area contributed by atoms with E-state index in [2.05, 4.69) is 55.6 Å². The van der Waals surface area contributed by atoms with Crippen LogP contribution in [0.4, 0.5) is 0 Å². The Kier molecular flexibility index (Phi) is 64.9. The van der Waals surface area contributed by atoms with E-state index in [0.717, 1.165) is 64.2 Å². The molecule has 3 N–H and O–H groups in total. The average Bonchev–Trinajstić information content (AvgIpc) is 3.43. The predicted molar refractivity (Wildman–Crippen MR) is 338 cm³/mol. The van der Waals surface area contributed by atoms with Gasteiger partial charge in [0.2, 0.25) is 5.91 Å². The van der Waals surface area contributed by atoms with E-state index in [0.29, 0.717) is 25.9 Å². The average molecular weight is 1080 g/mol. The van der Waals surface area contributed by atoms with Crippen molar-refractivity contribution < 1.29 is 24.5 Å². The van der Waals surface area contributed by atoms with Crippen molar-refractivity contribution in [1.29, 1.82) is 0 Å². The lowest BCUT2D eigenvalue weighted by Crippen LogP contribution is -2.45. The lowest BCUT2D eigenvalue weighted by atomic mass is 10.0. The maximum absolute atomic E-state index is 12.5. The summed E-state index contributed by atoms with van der Waals surface area (Å²) in [5.74, 6) is -0.0456. The van der Waals surface area contributed by atoms with E-state index in [1.165, 1.54) is 283 Å². The van der Waals surface area contributed by atoms with Crippen molar-refractivity contribution in [2.24, 2.45) is 0 Å². The first-order valence-electron chi connectivity index (χ1n) is 34.7. The van der Waals surface area contributed by atoms with Gasteiger partial charge in [0.25, 0.3) is 0 Å². The van der Waals surface area contributed by atoms with Crippen molar-refractivity contribution in [2.75, 3.05) is 13.2 Å². The third-order valence-corrected chi connectivity index (χ3v) is 16.2. The molecule has 0 spiro atoms. The summed E-state index contributed by atoms with van der Waals surface area (Å²) in [6.45, 7) is 4.94. The van der Waals surface area contributed by atoms with Crippen LogP contribution in [0, 0.1) is 0 Å². The molecule has 0 saturated heterocycles. The number of esters is 1. The number of amides is 1. The van der Waals surface area contributed by atoms with Crippen molar-refractivity contribution in [3.05, 3.63) is 36.5 Å². The van der Waals surface area contributed by atoms with Gasteiger partial charge in [0.15, 0.2) is 0 Å². The molecule has 0 aliphatic heterocycles. The molecule has 0 radical (unpaired) electrons. The molecule has 0 rings (SSSR count). The maximum Gasteiger partial charge on any atom is 0.305 e. The van der Waals surface area contributed by atoms with Gasteiger partial charge in [-0.15, -0.1) is 0 Å². The molecule has 0 heterocycles. The molecule has 0 bridgehead atoms. The highest BCUT2D eigenvalue weighted by Crippen LogP contribution is 2.18. The third kappa shape index (κ3) is 63.1. The molecule has 2 atom stereocenters. The Bertz CT molecular complexity index is 1250. The molecule has 0 aromatic carbocycles. The Hall–Kier alpha value is -1.92. The highest BCUT2D eigenvalue weighted by Gasteiger charge is 2.20. The number of allylic oxidation sites excluding steroid dienone is 6. The molecule has 0 saturated carbocycles. The van der Waals surface area contributed by atoms with Crippen LogP contribution in [-0.4, -0.2) is 47.4 Å². The highest BCUT2D eigenvalue weighted by atomic mass is 16.5. The molecule has 6 nitrogen and oxygen atoms in total. The molecule has 0 aromatic heterocycles. The van der Waals surface area contributed by atoms with Gasteiger partial charge < -0.3 is 20.3 Å². The SMILES string of the molecule is CCCCC/C=C\C/C=C\CCCCCCCCCCCC(=O)OCCCCCCCCCCC/C=C\CCCCCCCC(=O)NC(CO)C(O)CCCCCCCCCCCCCCCCCCCCCCCCC.